The van der Waals surface area contributed by atoms with Gasteiger partial charge in [0.1, 0.15) is 5.82 Å². The number of benzene rings is 1. The van der Waals surface area contributed by atoms with Gasteiger partial charge in [-0.15, -0.1) is 11.3 Å². The lowest BCUT2D eigenvalue weighted by atomic mass is 10.1. The Morgan fingerprint density at radius 1 is 1.28 bits per heavy atom. The minimum Gasteiger partial charge on any atom is -0.388 e. The maximum absolute atomic E-state index is 13.1. The predicted molar refractivity (Wildman–Crippen MR) is 76.5 cm³/mol. The maximum Gasteiger partial charge on any atom is 0.137 e. The van der Waals surface area contributed by atoms with Gasteiger partial charge in [0, 0.05) is 16.2 Å². The van der Waals surface area contributed by atoms with Crippen molar-refractivity contribution in [2.24, 2.45) is 0 Å². The number of hydrogen-bond donors (Lipinski definition) is 1. The zero-order valence-corrected chi connectivity index (χ0v) is 12.4. The summed E-state index contributed by atoms with van der Waals surface area (Å²) in [5, 5.41) is 10.1. The molecule has 0 bridgehead atoms. The first-order chi connectivity index (χ1) is 8.60. The summed E-state index contributed by atoms with van der Waals surface area (Å²) in [7, 11) is 0. The first-order valence-electron chi connectivity index (χ1n) is 5.80. The summed E-state index contributed by atoms with van der Waals surface area (Å²) in [5.74, 6) is -0.310. The van der Waals surface area contributed by atoms with Gasteiger partial charge in [-0.05, 0) is 52.2 Å². The van der Waals surface area contributed by atoms with Crippen molar-refractivity contribution in [3.63, 3.8) is 0 Å². The third-order valence-electron chi connectivity index (χ3n) is 2.79. The van der Waals surface area contributed by atoms with Crippen molar-refractivity contribution in [3.8, 4) is 0 Å². The van der Waals surface area contributed by atoms with Crippen LogP contribution in [0.15, 0.2) is 34.8 Å². The van der Waals surface area contributed by atoms with E-state index in [4.69, 9.17) is 0 Å². The summed E-state index contributed by atoms with van der Waals surface area (Å²) in [6, 6.07) is 8.76. The fourth-order valence-corrected chi connectivity index (χ4v) is 3.14. The van der Waals surface area contributed by atoms with Crippen molar-refractivity contribution in [3.05, 3.63) is 55.9 Å². The molecule has 18 heavy (non-hydrogen) atoms. The Balaban J connectivity index is 2.11. The zero-order chi connectivity index (χ0) is 13.1. The van der Waals surface area contributed by atoms with Crippen LogP contribution >= 0.6 is 27.3 Å². The van der Waals surface area contributed by atoms with E-state index in [1.807, 2.05) is 6.07 Å². The molecule has 0 aliphatic carbocycles. The Hall–Kier alpha value is -0.710. The fourth-order valence-electron chi connectivity index (χ4n) is 1.75. The van der Waals surface area contributed by atoms with E-state index in [2.05, 4.69) is 28.9 Å². The normalized spacial score (nSPS) is 12.7. The number of aryl methyl sites for hydroxylation is 1. The van der Waals surface area contributed by atoms with Gasteiger partial charge in [-0.3, -0.25) is 0 Å². The standard InChI is InChI=1S/C14H14BrFOS/c1-2-10-4-5-11(18-10)8-14(17)9-3-6-13(16)12(15)7-9/h3-7,14,17H,2,8H2,1H3. The average Bonchev–Trinajstić information content (AvgIpc) is 2.80. The van der Waals surface area contributed by atoms with Gasteiger partial charge in [-0.25, -0.2) is 4.39 Å². The second kappa shape index (κ2) is 5.95. The molecule has 96 valence electrons. The molecule has 0 aliphatic heterocycles. The molecule has 1 N–H and O–H groups in total. The minimum absolute atomic E-state index is 0.310. The molecule has 1 aromatic carbocycles. The lowest BCUT2D eigenvalue weighted by molar-refractivity contribution is 0.179. The van der Waals surface area contributed by atoms with E-state index >= 15 is 0 Å². The lowest BCUT2D eigenvalue weighted by Gasteiger charge is -2.10. The quantitative estimate of drug-likeness (QED) is 0.876. The summed E-state index contributed by atoms with van der Waals surface area (Å²) in [5.41, 5.74) is 0.731. The SMILES string of the molecule is CCc1ccc(CC(O)c2ccc(F)c(Br)c2)s1. The highest BCUT2D eigenvalue weighted by Crippen LogP contribution is 2.26. The summed E-state index contributed by atoms with van der Waals surface area (Å²) < 4.78 is 13.5. The van der Waals surface area contributed by atoms with Crippen LogP contribution in [0.3, 0.4) is 0 Å². The molecule has 0 fully saturated rings. The van der Waals surface area contributed by atoms with Crippen molar-refractivity contribution in [1.82, 2.24) is 0 Å². The average molecular weight is 329 g/mol. The van der Waals surface area contributed by atoms with E-state index in [1.54, 1.807) is 23.5 Å². The largest absolute Gasteiger partial charge is 0.388 e. The number of aliphatic hydroxyl groups excluding tert-OH is 1. The molecular weight excluding hydrogens is 315 g/mol. The van der Waals surface area contributed by atoms with Crippen LogP contribution in [0.5, 0.6) is 0 Å². The molecule has 0 saturated carbocycles. The number of hydrogen-bond acceptors (Lipinski definition) is 2. The van der Waals surface area contributed by atoms with E-state index in [0.717, 1.165) is 16.9 Å². The Labute approximate surface area is 118 Å². The van der Waals surface area contributed by atoms with Gasteiger partial charge >= 0.3 is 0 Å². The van der Waals surface area contributed by atoms with Crippen molar-refractivity contribution in [1.29, 1.82) is 0 Å². The van der Waals surface area contributed by atoms with Crippen molar-refractivity contribution in [2.45, 2.75) is 25.9 Å². The molecule has 0 amide bonds. The number of halogens is 2. The highest BCUT2D eigenvalue weighted by atomic mass is 79.9. The van der Waals surface area contributed by atoms with Gasteiger partial charge in [0.2, 0.25) is 0 Å². The van der Waals surface area contributed by atoms with E-state index < -0.39 is 6.10 Å². The van der Waals surface area contributed by atoms with Crippen LogP contribution in [0, 0.1) is 5.82 Å². The van der Waals surface area contributed by atoms with Gasteiger partial charge < -0.3 is 5.11 Å². The minimum atomic E-state index is -0.592. The van der Waals surface area contributed by atoms with Gasteiger partial charge in [-0.1, -0.05) is 13.0 Å². The third kappa shape index (κ3) is 3.19. The highest BCUT2D eigenvalue weighted by molar-refractivity contribution is 9.10. The molecule has 0 spiro atoms. The van der Waals surface area contributed by atoms with E-state index in [1.165, 1.54) is 10.9 Å². The second-order valence-corrected chi connectivity index (χ2v) is 6.22. The Kier molecular flexibility index (Phi) is 4.54. The molecule has 1 unspecified atom stereocenters. The van der Waals surface area contributed by atoms with Crippen LogP contribution in [0.25, 0.3) is 0 Å². The molecule has 0 saturated heterocycles. The molecule has 2 rings (SSSR count). The van der Waals surface area contributed by atoms with Gasteiger partial charge in [0.25, 0.3) is 0 Å². The van der Waals surface area contributed by atoms with Crippen molar-refractivity contribution in [2.75, 3.05) is 0 Å². The van der Waals surface area contributed by atoms with Gasteiger partial charge in [0.05, 0.1) is 10.6 Å². The molecule has 1 atom stereocenters. The summed E-state index contributed by atoms with van der Waals surface area (Å²) in [6.07, 6.45) is 0.997. The van der Waals surface area contributed by atoms with Crippen LogP contribution in [-0.4, -0.2) is 5.11 Å². The van der Waals surface area contributed by atoms with Gasteiger partial charge in [0.15, 0.2) is 0 Å². The first kappa shape index (κ1) is 13.7. The second-order valence-electron chi connectivity index (χ2n) is 4.12. The first-order valence-corrected chi connectivity index (χ1v) is 7.41. The topological polar surface area (TPSA) is 20.2 Å². The summed E-state index contributed by atoms with van der Waals surface area (Å²) >= 11 is 4.85. The molecule has 1 nitrogen and oxygen atoms in total. The monoisotopic (exact) mass is 328 g/mol. The molecule has 2 aromatic rings. The number of aliphatic hydroxyl groups is 1. The molecular formula is C14H14BrFOS. The van der Waals surface area contributed by atoms with Crippen molar-refractivity contribution >= 4 is 27.3 Å². The van der Waals surface area contributed by atoms with Crippen LogP contribution < -0.4 is 0 Å². The van der Waals surface area contributed by atoms with E-state index in [0.29, 0.717) is 10.9 Å². The molecule has 0 radical (unpaired) electrons. The van der Waals surface area contributed by atoms with Crippen LogP contribution in [0.4, 0.5) is 4.39 Å². The van der Waals surface area contributed by atoms with Crippen LogP contribution in [0.2, 0.25) is 0 Å². The third-order valence-corrected chi connectivity index (χ3v) is 4.65. The fraction of sp³-hybridized carbons (Fsp3) is 0.286. The molecule has 0 aliphatic rings. The zero-order valence-electron chi connectivity index (χ0n) is 9.99. The van der Waals surface area contributed by atoms with Crippen LogP contribution in [-0.2, 0) is 12.8 Å². The lowest BCUT2D eigenvalue weighted by Crippen LogP contribution is -2.00. The van der Waals surface area contributed by atoms with Crippen molar-refractivity contribution < 1.29 is 9.50 Å². The van der Waals surface area contributed by atoms with Crippen LogP contribution in [0.1, 0.15) is 28.3 Å². The summed E-state index contributed by atoms with van der Waals surface area (Å²) in [6.45, 7) is 2.11. The molecule has 1 heterocycles. The smallest absolute Gasteiger partial charge is 0.137 e. The maximum atomic E-state index is 13.1. The summed E-state index contributed by atoms with van der Waals surface area (Å²) in [4.78, 5) is 2.47. The Bertz CT molecular complexity index is 538. The highest BCUT2D eigenvalue weighted by Gasteiger charge is 2.12. The predicted octanol–water partition coefficient (Wildman–Crippen LogP) is 4.49. The number of thiophene rings is 1. The number of rotatable bonds is 4. The van der Waals surface area contributed by atoms with Gasteiger partial charge in [-0.2, -0.15) is 0 Å². The molecule has 4 heteroatoms. The molecule has 1 aromatic heterocycles. The van der Waals surface area contributed by atoms with E-state index in [-0.39, 0.29) is 5.82 Å². The van der Waals surface area contributed by atoms with E-state index in [9.17, 15) is 9.50 Å². The Morgan fingerprint density at radius 2 is 2.00 bits per heavy atom. The Morgan fingerprint density at radius 3 is 2.61 bits per heavy atom.